The molecule has 0 fully saturated rings. The zero-order valence-corrected chi connectivity index (χ0v) is 12.8. The fraction of sp³-hybridized carbons (Fsp3) is 0.308. The Morgan fingerprint density at radius 1 is 1.35 bits per heavy atom. The maximum absolute atomic E-state index is 12.4. The molecule has 0 saturated carbocycles. The monoisotopic (exact) mass is 361 g/mol. The van der Waals surface area contributed by atoms with E-state index in [-0.39, 0.29) is 11.3 Å². The van der Waals surface area contributed by atoms with Crippen molar-refractivity contribution in [3.63, 3.8) is 0 Å². The lowest BCUT2D eigenvalue weighted by molar-refractivity contribution is 0.839. The van der Waals surface area contributed by atoms with Crippen LogP contribution in [0.2, 0.25) is 5.02 Å². The smallest absolute Gasteiger partial charge is 0.193 e. The van der Waals surface area contributed by atoms with Crippen molar-refractivity contribution in [2.75, 3.05) is 0 Å². The van der Waals surface area contributed by atoms with Crippen LogP contribution in [-0.2, 0) is 0 Å². The van der Waals surface area contributed by atoms with E-state index in [1.54, 1.807) is 0 Å². The third-order valence-electron chi connectivity index (χ3n) is 2.84. The molecule has 1 aromatic carbocycles. The van der Waals surface area contributed by atoms with Gasteiger partial charge in [0.05, 0.1) is 10.5 Å². The highest BCUT2D eigenvalue weighted by Crippen LogP contribution is 2.25. The SMILES string of the molecule is Cc1[nH]c2c(Cl)cc(I)cc2c(=O)c1C(C)C. The molecule has 0 radical (unpaired) electrons. The molecular weight excluding hydrogens is 349 g/mol. The summed E-state index contributed by atoms with van der Waals surface area (Å²) in [6.45, 7) is 5.97. The lowest BCUT2D eigenvalue weighted by Crippen LogP contribution is -2.15. The lowest BCUT2D eigenvalue weighted by Gasteiger charge is -2.11. The molecule has 1 aromatic heterocycles. The average Bonchev–Trinajstić information content (AvgIpc) is 2.19. The molecule has 17 heavy (non-hydrogen) atoms. The normalized spacial score (nSPS) is 11.4. The van der Waals surface area contributed by atoms with Gasteiger partial charge >= 0.3 is 0 Å². The predicted octanol–water partition coefficient (Wildman–Crippen LogP) is 4.22. The van der Waals surface area contributed by atoms with E-state index < -0.39 is 0 Å². The second kappa shape index (κ2) is 4.61. The summed E-state index contributed by atoms with van der Waals surface area (Å²) in [6, 6.07) is 3.74. The number of aromatic amines is 1. The number of fused-ring (bicyclic) bond motifs is 1. The number of nitrogens with one attached hydrogen (secondary N) is 1. The molecule has 0 aliphatic rings. The van der Waals surface area contributed by atoms with Crippen LogP contribution in [0.4, 0.5) is 0 Å². The molecule has 0 saturated heterocycles. The predicted molar refractivity (Wildman–Crippen MR) is 81.1 cm³/mol. The summed E-state index contributed by atoms with van der Waals surface area (Å²) in [7, 11) is 0. The molecule has 2 aromatic rings. The van der Waals surface area contributed by atoms with Gasteiger partial charge in [-0.1, -0.05) is 25.4 Å². The van der Waals surface area contributed by atoms with E-state index in [4.69, 9.17) is 11.6 Å². The fourth-order valence-electron chi connectivity index (χ4n) is 2.15. The second-order valence-electron chi connectivity index (χ2n) is 4.46. The first-order valence-corrected chi connectivity index (χ1v) is 6.89. The van der Waals surface area contributed by atoms with E-state index in [9.17, 15) is 4.79 Å². The maximum atomic E-state index is 12.4. The number of aromatic nitrogens is 1. The summed E-state index contributed by atoms with van der Waals surface area (Å²) < 4.78 is 0.976. The molecular formula is C13H13ClINO. The van der Waals surface area contributed by atoms with Crippen molar-refractivity contribution in [3.05, 3.63) is 42.2 Å². The molecule has 0 bridgehead atoms. The number of benzene rings is 1. The van der Waals surface area contributed by atoms with Gasteiger partial charge in [-0.15, -0.1) is 0 Å². The molecule has 0 spiro atoms. The first kappa shape index (κ1) is 12.9. The quantitative estimate of drug-likeness (QED) is 0.758. The minimum Gasteiger partial charge on any atom is -0.357 e. The molecule has 4 heteroatoms. The minimum atomic E-state index is 0.0895. The van der Waals surface area contributed by atoms with E-state index in [0.717, 1.165) is 20.3 Å². The van der Waals surface area contributed by atoms with E-state index in [1.165, 1.54) is 0 Å². The van der Waals surface area contributed by atoms with Crippen LogP contribution in [0.15, 0.2) is 16.9 Å². The molecule has 2 nitrogen and oxygen atoms in total. The van der Waals surface area contributed by atoms with Crippen molar-refractivity contribution in [2.45, 2.75) is 26.7 Å². The largest absolute Gasteiger partial charge is 0.357 e. The Balaban J connectivity index is 2.97. The first-order chi connectivity index (χ1) is 7.91. The third kappa shape index (κ3) is 2.22. The molecule has 1 N–H and O–H groups in total. The Hall–Kier alpha value is -0.550. The van der Waals surface area contributed by atoms with Crippen molar-refractivity contribution in [1.82, 2.24) is 4.98 Å². The highest BCUT2D eigenvalue weighted by atomic mass is 127. The van der Waals surface area contributed by atoms with E-state index in [1.807, 2.05) is 32.9 Å². The Morgan fingerprint density at radius 3 is 2.59 bits per heavy atom. The summed E-state index contributed by atoms with van der Waals surface area (Å²) >= 11 is 8.33. The zero-order chi connectivity index (χ0) is 12.7. The summed E-state index contributed by atoms with van der Waals surface area (Å²) in [6.07, 6.45) is 0. The molecule has 2 rings (SSSR count). The van der Waals surface area contributed by atoms with Crippen LogP contribution in [0, 0.1) is 10.5 Å². The Labute approximate surface area is 119 Å². The lowest BCUT2D eigenvalue weighted by atomic mass is 9.99. The average molecular weight is 362 g/mol. The molecule has 90 valence electrons. The first-order valence-electron chi connectivity index (χ1n) is 5.43. The van der Waals surface area contributed by atoms with Crippen molar-refractivity contribution in [1.29, 1.82) is 0 Å². The fourth-order valence-corrected chi connectivity index (χ4v) is 3.22. The second-order valence-corrected chi connectivity index (χ2v) is 6.11. The Bertz CT molecular complexity index is 646. The molecule has 0 unspecified atom stereocenters. The highest BCUT2D eigenvalue weighted by molar-refractivity contribution is 14.1. The molecule has 0 atom stereocenters. The van der Waals surface area contributed by atoms with Gasteiger partial charge in [-0.25, -0.2) is 0 Å². The van der Waals surface area contributed by atoms with E-state index >= 15 is 0 Å². The van der Waals surface area contributed by atoms with Crippen LogP contribution in [0.1, 0.15) is 31.0 Å². The van der Waals surface area contributed by atoms with Gasteiger partial charge in [0.25, 0.3) is 0 Å². The zero-order valence-electron chi connectivity index (χ0n) is 9.90. The van der Waals surface area contributed by atoms with Gasteiger partial charge in [-0.05, 0) is 47.6 Å². The molecule has 1 heterocycles. The number of hydrogen-bond acceptors (Lipinski definition) is 1. The van der Waals surface area contributed by atoms with Crippen molar-refractivity contribution in [3.8, 4) is 0 Å². The van der Waals surface area contributed by atoms with Gasteiger partial charge in [0.1, 0.15) is 0 Å². The van der Waals surface area contributed by atoms with Crippen molar-refractivity contribution >= 4 is 45.1 Å². The van der Waals surface area contributed by atoms with Crippen LogP contribution in [0.5, 0.6) is 0 Å². The number of aryl methyl sites for hydroxylation is 1. The van der Waals surface area contributed by atoms with Gasteiger partial charge in [-0.3, -0.25) is 4.79 Å². The number of pyridine rings is 1. The molecule has 0 aliphatic heterocycles. The Kier molecular flexibility index (Phi) is 3.50. The summed E-state index contributed by atoms with van der Waals surface area (Å²) in [5, 5.41) is 1.28. The van der Waals surface area contributed by atoms with Gasteiger partial charge in [-0.2, -0.15) is 0 Å². The Morgan fingerprint density at radius 2 is 2.00 bits per heavy atom. The third-order valence-corrected chi connectivity index (χ3v) is 3.76. The molecule has 0 amide bonds. The van der Waals surface area contributed by atoms with Crippen LogP contribution in [-0.4, -0.2) is 4.98 Å². The molecule has 0 aliphatic carbocycles. The van der Waals surface area contributed by atoms with Gasteiger partial charge in [0.2, 0.25) is 0 Å². The summed E-state index contributed by atoms with van der Waals surface area (Å²) in [5.41, 5.74) is 2.57. The van der Waals surface area contributed by atoms with Gasteiger partial charge in [0, 0.05) is 20.2 Å². The van der Waals surface area contributed by atoms with Crippen LogP contribution < -0.4 is 5.43 Å². The highest BCUT2D eigenvalue weighted by Gasteiger charge is 2.14. The van der Waals surface area contributed by atoms with E-state index in [2.05, 4.69) is 27.6 Å². The van der Waals surface area contributed by atoms with Crippen molar-refractivity contribution in [2.24, 2.45) is 0 Å². The van der Waals surface area contributed by atoms with Crippen molar-refractivity contribution < 1.29 is 0 Å². The number of rotatable bonds is 1. The minimum absolute atomic E-state index is 0.0895. The topological polar surface area (TPSA) is 32.9 Å². The van der Waals surface area contributed by atoms with E-state index in [0.29, 0.717) is 10.4 Å². The van der Waals surface area contributed by atoms with Gasteiger partial charge in [0.15, 0.2) is 5.43 Å². The number of halogens is 2. The number of hydrogen-bond donors (Lipinski definition) is 1. The number of H-pyrrole nitrogens is 1. The summed E-state index contributed by atoms with van der Waals surface area (Å²) in [5.74, 6) is 0.208. The summed E-state index contributed by atoms with van der Waals surface area (Å²) in [4.78, 5) is 15.7. The van der Waals surface area contributed by atoms with Crippen LogP contribution in [0.3, 0.4) is 0 Å². The standard InChI is InChI=1S/C13H13ClINO/c1-6(2)11-7(3)16-12-9(13(11)17)4-8(15)5-10(12)14/h4-6H,1-3H3,(H,16,17). The van der Waals surface area contributed by atoms with Crippen LogP contribution >= 0.6 is 34.2 Å². The maximum Gasteiger partial charge on any atom is 0.193 e. The van der Waals surface area contributed by atoms with Crippen LogP contribution in [0.25, 0.3) is 10.9 Å². The van der Waals surface area contributed by atoms with Gasteiger partial charge < -0.3 is 4.98 Å².